The second-order valence-corrected chi connectivity index (χ2v) is 4.13. The SMILES string of the molecule is CNc1cc(-c2ccc(C)c(C)c2OC)ncn1. The molecule has 0 saturated heterocycles. The van der Waals surface area contributed by atoms with Gasteiger partial charge in [-0.25, -0.2) is 9.97 Å². The summed E-state index contributed by atoms with van der Waals surface area (Å²) in [4.78, 5) is 8.42. The van der Waals surface area contributed by atoms with Crippen LogP contribution in [-0.2, 0) is 0 Å². The first kappa shape index (κ1) is 12.4. The molecule has 0 aliphatic carbocycles. The number of aromatic nitrogens is 2. The molecule has 0 aliphatic heterocycles. The van der Waals surface area contributed by atoms with Crippen LogP contribution in [0.3, 0.4) is 0 Å². The number of rotatable bonds is 3. The van der Waals surface area contributed by atoms with Crippen molar-refractivity contribution in [2.24, 2.45) is 0 Å². The van der Waals surface area contributed by atoms with Crippen molar-refractivity contribution in [3.05, 3.63) is 35.7 Å². The molecule has 0 amide bonds. The lowest BCUT2D eigenvalue weighted by Crippen LogP contribution is -1.97. The zero-order valence-electron chi connectivity index (χ0n) is 11.1. The van der Waals surface area contributed by atoms with E-state index >= 15 is 0 Å². The Morgan fingerprint density at radius 3 is 2.61 bits per heavy atom. The molecule has 0 radical (unpaired) electrons. The van der Waals surface area contributed by atoms with Gasteiger partial charge in [0.25, 0.3) is 0 Å². The van der Waals surface area contributed by atoms with Gasteiger partial charge in [-0.15, -0.1) is 0 Å². The molecular formula is C14H17N3O. The summed E-state index contributed by atoms with van der Waals surface area (Å²) in [6, 6.07) is 6.02. The fourth-order valence-corrected chi connectivity index (χ4v) is 1.90. The molecule has 1 aromatic heterocycles. The van der Waals surface area contributed by atoms with Gasteiger partial charge in [0.15, 0.2) is 0 Å². The molecular weight excluding hydrogens is 226 g/mol. The minimum absolute atomic E-state index is 0.792. The number of anilines is 1. The molecule has 2 aromatic rings. The molecule has 1 heterocycles. The average molecular weight is 243 g/mol. The average Bonchev–Trinajstić information content (AvgIpc) is 2.41. The van der Waals surface area contributed by atoms with Crippen molar-refractivity contribution in [2.45, 2.75) is 13.8 Å². The van der Waals surface area contributed by atoms with Crippen LogP contribution in [0.25, 0.3) is 11.3 Å². The maximum absolute atomic E-state index is 5.50. The highest BCUT2D eigenvalue weighted by Gasteiger charge is 2.12. The van der Waals surface area contributed by atoms with E-state index in [1.165, 1.54) is 5.56 Å². The molecule has 94 valence electrons. The van der Waals surface area contributed by atoms with E-state index in [1.54, 1.807) is 13.4 Å². The second kappa shape index (κ2) is 5.04. The van der Waals surface area contributed by atoms with Crippen LogP contribution in [0.5, 0.6) is 5.75 Å². The van der Waals surface area contributed by atoms with Gasteiger partial charge in [-0.05, 0) is 31.0 Å². The summed E-state index contributed by atoms with van der Waals surface area (Å²) in [6.07, 6.45) is 1.55. The summed E-state index contributed by atoms with van der Waals surface area (Å²) >= 11 is 0. The number of methoxy groups -OCH3 is 1. The topological polar surface area (TPSA) is 47.0 Å². The minimum atomic E-state index is 0.792. The molecule has 0 fully saturated rings. The van der Waals surface area contributed by atoms with Crippen LogP contribution in [0.2, 0.25) is 0 Å². The van der Waals surface area contributed by atoms with Crippen molar-refractivity contribution in [3.63, 3.8) is 0 Å². The first-order valence-corrected chi connectivity index (χ1v) is 5.81. The van der Waals surface area contributed by atoms with Gasteiger partial charge < -0.3 is 10.1 Å². The van der Waals surface area contributed by atoms with Gasteiger partial charge in [-0.1, -0.05) is 6.07 Å². The largest absolute Gasteiger partial charge is 0.496 e. The van der Waals surface area contributed by atoms with Crippen LogP contribution in [0, 0.1) is 13.8 Å². The van der Waals surface area contributed by atoms with Gasteiger partial charge in [0.2, 0.25) is 0 Å². The molecule has 1 aromatic carbocycles. The Bertz CT molecular complexity index is 567. The Labute approximate surface area is 107 Å². The molecule has 0 atom stereocenters. The van der Waals surface area contributed by atoms with E-state index in [-0.39, 0.29) is 0 Å². The molecule has 2 rings (SSSR count). The third-order valence-corrected chi connectivity index (χ3v) is 3.08. The van der Waals surface area contributed by atoms with Crippen molar-refractivity contribution in [1.82, 2.24) is 9.97 Å². The maximum atomic E-state index is 5.50. The first-order chi connectivity index (χ1) is 8.67. The summed E-state index contributed by atoms with van der Waals surface area (Å²) in [5.74, 6) is 1.66. The van der Waals surface area contributed by atoms with E-state index in [4.69, 9.17) is 4.74 Å². The van der Waals surface area contributed by atoms with Crippen LogP contribution in [0.1, 0.15) is 11.1 Å². The molecule has 4 nitrogen and oxygen atoms in total. The van der Waals surface area contributed by atoms with Crippen LogP contribution < -0.4 is 10.1 Å². The Hall–Kier alpha value is -2.10. The lowest BCUT2D eigenvalue weighted by molar-refractivity contribution is 0.413. The quantitative estimate of drug-likeness (QED) is 0.900. The standard InChI is InChI=1S/C14H17N3O/c1-9-5-6-11(14(18-4)10(9)2)12-7-13(15-3)17-8-16-12/h5-8H,1-4H3,(H,15,16,17). The van der Waals surface area contributed by atoms with E-state index in [2.05, 4.69) is 35.2 Å². The lowest BCUT2D eigenvalue weighted by Gasteiger charge is -2.13. The summed E-state index contributed by atoms with van der Waals surface area (Å²) in [5.41, 5.74) is 4.19. The van der Waals surface area contributed by atoms with Crippen molar-refractivity contribution < 1.29 is 4.74 Å². The summed E-state index contributed by atoms with van der Waals surface area (Å²) in [6.45, 7) is 4.12. The lowest BCUT2D eigenvalue weighted by atomic mass is 10.0. The Kier molecular flexibility index (Phi) is 3.46. The smallest absolute Gasteiger partial charge is 0.131 e. The van der Waals surface area contributed by atoms with Gasteiger partial charge in [-0.2, -0.15) is 0 Å². The van der Waals surface area contributed by atoms with Crippen molar-refractivity contribution >= 4 is 5.82 Å². The van der Waals surface area contributed by atoms with E-state index in [9.17, 15) is 0 Å². The van der Waals surface area contributed by atoms with Crippen molar-refractivity contribution in [3.8, 4) is 17.0 Å². The highest BCUT2D eigenvalue weighted by Crippen LogP contribution is 2.33. The number of hydrogen-bond acceptors (Lipinski definition) is 4. The van der Waals surface area contributed by atoms with Crippen LogP contribution in [-0.4, -0.2) is 24.1 Å². The normalized spacial score (nSPS) is 10.2. The molecule has 0 saturated carbocycles. The Balaban J connectivity index is 2.59. The summed E-state index contributed by atoms with van der Waals surface area (Å²) in [7, 11) is 3.52. The van der Waals surface area contributed by atoms with Gasteiger partial charge >= 0.3 is 0 Å². The zero-order chi connectivity index (χ0) is 13.1. The number of nitrogens with one attached hydrogen (secondary N) is 1. The maximum Gasteiger partial charge on any atom is 0.131 e. The number of benzene rings is 1. The monoisotopic (exact) mass is 243 g/mol. The fraction of sp³-hybridized carbons (Fsp3) is 0.286. The van der Waals surface area contributed by atoms with Crippen LogP contribution >= 0.6 is 0 Å². The third-order valence-electron chi connectivity index (χ3n) is 3.08. The van der Waals surface area contributed by atoms with E-state index in [1.807, 2.05) is 19.2 Å². The Morgan fingerprint density at radius 2 is 1.94 bits per heavy atom. The predicted molar refractivity (Wildman–Crippen MR) is 73.0 cm³/mol. The highest BCUT2D eigenvalue weighted by atomic mass is 16.5. The van der Waals surface area contributed by atoms with E-state index in [0.717, 1.165) is 28.4 Å². The summed E-state index contributed by atoms with van der Waals surface area (Å²) in [5, 5.41) is 3.01. The van der Waals surface area contributed by atoms with E-state index in [0.29, 0.717) is 0 Å². The molecule has 1 N–H and O–H groups in total. The highest BCUT2D eigenvalue weighted by molar-refractivity contribution is 5.71. The van der Waals surface area contributed by atoms with E-state index < -0.39 is 0 Å². The molecule has 0 bridgehead atoms. The number of nitrogens with zero attached hydrogens (tertiary/aromatic N) is 2. The van der Waals surface area contributed by atoms with Gasteiger partial charge in [0.05, 0.1) is 12.8 Å². The molecule has 18 heavy (non-hydrogen) atoms. The number of ether oxygens (including phenoxy) is 1. The number of hydrogen-bond donors (Lipinski definition) is 1. The molecule has 0 unspecified atom stereocenters. The fourth-order valence-electron chi connectivity index (χ4n) is 1.90. The Morgan fingerprint density at radius 1 is 1.17 bits per heavy atom. The zero-order valence-corrected chi connectivity index (χ0v) is 11.1. The third kappa shape index (κ3) is 2.14. The minimum Gasteiger partial charge on any atom is -0.496 e. The summed E-state index contributed by atoms with van der Waals surface area (Å²) < 4.78 is 5.50. The first-order valence-electron chi connectivity index (χ1n) is 5.81. The number of aryl methyl sites for hydroxylation is 1. The van der Waals surface area contributed by atoms with Crippen molar-refractivity contribution in [2.75, 3.05) is 19.5 Å². The van der Waals surface area contributed by atoms with Crippen LogP contribution in [0.4, 0.5) is 5.82 Å². The molecule has 0 spiro atoms. The van der Waals surface area contributed by atoms with Gasteiger partial charge in [-0.3, -0.25) is 0 Å². The molecule has 4 heteroatoms. The van der Waals surface area contributed by atoms with Gasteiger partial charge in [0.1, 0.15) is 17.9 Å². The van der Waals surface area contributed by atoms with Crippen molar-refractivity contribution in [1.29, 1.82) is 0 Å². The predicted octanol–water partition coefficient (Wildman–Crippen LogP) is 2.81. The molecule has 0 aliphatic rings. The second-order valence-electron chi connectivity index (χ2n) is 4.13. The van der Waals surface area contributed by atoms with Gasteiger partial charge in [0, 0.05) is 18.7 Å². The van der Waals surface area contributed by atoms with Crippen LogP contribution in [0.15, 0.2) is 24.5 Å².